The second kappa shape index (κ2) is 23.4. The van der Waals surface area contributed by atoms with Gasteiger partial charge in [-0.05, 0) is 98.5 Å². The molecule has 0 saturated carbocycles. The van der Waals surface area contributed by atoms with E-state index in [4.69, 9.17) is 14.2 Å². The van der Waals surface area contributed by atoms with E-state index in [1.807, 2.05) is 75.3 Å². The summed E-state index contributed by atoms with van der Waals surface area (Å²) >= 11 is 0. The Bertz CT molecular complexity index is 2000. The van der Waals surface area contributed by atoms with Crippen molar-refractivity contribution in [1.82, 2.24) is 0 Å². The fraction of sp³-hybridized carbons (Fsp3) is 0.348. The molecule has 59 heavy (non-hydrogen) atoms. The van der Waals surface area contributed by atoms with Crippen molar-refractivity contribution in [2.45, 2.75) is 34.1 Å². The number of likely N-dealkylation sites (N-methyl/N-ethyl adjacent to an activating group) is 1. The summed E-state index contributed by atoms with van der Waals surface area (Å²) in [7, 11) is 3.79. The number of hydrogen-bond donors (Lipinski definition) is 1. The zero-order valence-electron chi connectivity index (χ0n) is 34.6. The van der Waals surface area contributed by atoms with Crippen LogP contribution in [0.15, 0.2) is 89.5 Å². The van der Waals surface area contributed by atoms with E-state index in [0.29, 0.717) is 23.2 Å². The monoisotopic (exact) mass is 800 g/mol. The number of hydrogen-bond acceptors (Lipinski definition) is 13. The van der Waals surface area contributed by atoms with Crippen molar-refractivity contribution in [2.75, 3.05) is 81.4 Å². The van der Waals surface area contributed by atoms with E-state index in [1.165, 1.54) is 25.2 Å². The summed E-state index contributed by atoms with van der Waals surface area (Å²) in [6.45, 7) is 9.16. The van der Waals surface area contributed by atoms with Crippen molar-refractivity contribution in [2.24, 2.45) is 5.41 Å². The summed E-state index contributed by atoms with van der Waals surface area (Å²) in [5.41, 5.74) is 2.24. The molecule has 0 heterocycles. The lowest BCUT2D eigenvalue weighted by atomic mass is 9.94. The Morgan fingerprint density at radius 3 is 1.20 bits per heavy atom. The Labute approximate surface area is 347 Å². The first-order valence-corrected chi connectivity index (χ1v) is 19.3. The zero-order chi connectivity index (χ0) is 43.4. The molecular weight excluding hydrogens is 749 g/mol. The van der Waals surface area contributed by atoms with Crippen molar-refractivity contribution in [3.63, 3.8) is 0 Å². The van der Waals surface area contributed by atoms with E-state index in [0.717, 1.165) is 43.1 Å². The molecule has 0 aliphatic rings. The molecule has 13 nitrogen and oxygen atoms in total. The fourth-order valence-electron chi connectivity index (χ4n) is 5.75. The number of nitriles is 3. The molecule has 3 rings (SSSR count). The molecule has 0 spiro atoms. The highest BCUT2D eigenvalue weighted by Gasteiger charge is 2.32. The van der Waals surface area contributed by atoms with Crippen molar-refractivity contribution in [1.29, 1.82) is 15.8 Å². The first kappa shape index (κ1) is 46.5. The zero-order valence-corrected chi connectivity index (χ0v) is 34.6. The molecule has 1 N–H and O–H groups in total. The molecule has 1 unspecified atom stereocenters. The van der Waals surface area contributed by atoms with Crippen LogP contribution in [-0.4, -0.2) is 89.7 Å². The van der Waals surface area contributed by atoms with E-state index < -0.39 is 43.1 Å². The van der Waals surface area contributed by atoms with Gasteiger partial charge in [0.05, 0.1) is 12.0 Å². The fourth-order valence-corrected chi connectivity index (χ4v) is 5.75. The van der Waals surface area contributed by atoms with Gasteiger partial charge in [-0.15, -0.1) is 0 Å². The predicted octanol–water partition coefficient (Wildman–Crippen LogP) is 6.56. The summed E-state index contributed by atoms with van der Waals surface area (Å²) in [4.78, 5) is 45.7. The van der Waals surface area contributed by atoms with Crippen LogP contribution >= 0.6 is 0 Å². The first-order valence-electron chi connectivity index (χ1n) is 19.3. The molecular formula is C46H52N6O7. The van der Waals surface area contributed by atoms with Gasteiger partial charge in [-0.3, -0.25) is 0 Å². The van der Waals surface area contributed by atoms with Gasteiger partial charge < -0.3 is 34.0 Å². The number of aliphatic hydroxyl groups excluding tert-OH is 1. The van der Waals surface area contributed by atoms with Crippen molar-refractivity contribution in [3.05, 3.63) is 106 Å². The largest absolute Gasteiger partial charge is 0.461 e. The summed E-state index contributed by atoms with van der Waals surface area (Å²) in [5, 5.41) is 38.8. The van der Waals surface area contributed by atoms with Gasteiger partial charge in [0.15, 0.2) is 0 Å². The highest BCUT2D eigenvalue weighted by Crippen LogP contribution is 2.24. The lowest BCUT2D eigenvalue weighted by molar-refractivity contribution is -0.155. The molecule has 13 heteroatoms. The Hall–Kier alpha value is -6.88. The minimum atomic E-state index is -1.39. The van der Waals surface area contributed by atoms with Crippen LogP contribution in [0.5, 0.6) is 0 Å². The molecule has 308 valence electrons. The standard InChI is InChI=1S/C46H52N6O7/c1-7-22-50(5)40-16-10-34(11-17-40)25-37(28-47)43(54)57-31-46(4,32-58-44(55)38(29-48)26-35-12-18-41(19-13-35)51(6)23-24-53)33-59-45(56)39(30-49)27-36-14-20-42(21-15-36)52(8-2)9-3/h10-21,25-27,53H,7-9,22-24,31-33H2,1-6H3/b37-25+,38-26+,39-27+. The van der Waals surface area contributed by atoms with Gasteiger partial charge in [0.2, 0.25) is 0 Å². The minimum absolute atomic E-state index is 0.0239. The number of carbonyl (C=O) groups is 3. The van der Waals surface area contributed by atoms with E-state index in [2.05, 4.69) is 16.7 Å². The molecule has 0 aliphatic heterocycles. The van der Waals surface area contributed by atoms with Gasteiger partial charge in [-0.25, -0.2) is 14.4 Å². The maximum absolute atomic E-state index is 13.2. The number of aliphatic hydroxyl groups is 1. The Kier molecular flexibility index (Phi) is 18.4. The number of esters is 3. The van der Waals surface area contributed by atoms with E-state index in [9.17, 15) is 35.3 Å². The third kappa shape index (κ3) is 14.2. The van der Waals surface area contributed by atoms with Crippen molar-refractivity contribution >= 4 is 53.2 Å². The lowest BCUT2D eigenvalue weighted by Crippen LogP contribution is -2.37. The number of nitrogens with zero attached hydrogens (tertiary/aromatic N) is 6. The number of ether oxygens (including phenoxy) is 3. The van der Waals surface area contributed by atoms with Crippen LogP contribution in [0, 0.1) is 39.4 Å². The van der Waals surface area contributed by atoms with Crippen LogP contribution in [0.4, 0.5) is 17.1 Å². The van der Waals surface area contributed by atoms with Gasteiger partial charge in [0, 0.05) is 57.3 Å². The van der Waals surface area contributed by atoms with Crippen molar-refractivity contribution < 1.29 is 33.7 Å². The van der Waals surface area contributed by atoms with E-state index >= 15 is 0 Å². The smallest absolute Gasteiger partial charge is 0.348 e. The van der Waals surface area contributed by atoms with E-state index in [1.54, 1.807) is 48.5 Å². The van der Waals surface area contributed by atoms with Gasteiger partial charge in [0.25, 0.3) is 0 Å². The summed E-state index contributed by atoms with van der Waals surface area (Å²) < 4.78 is 16.6. The third-order valence-electron chi connectivity index (χ3n) is 9.29. The number of rotatable bonds is 21. The van der Waals surface area contributed by atoms with Crippen molar-refractivity contribution in [3.8, 4) is 18.2 Å². The lowest BCUT2D eigenvalue weighted by Gasteiger charge is -2.28. The number of carbonyl (C=O) groups excluding carboxylic acids is 3. The third-order valence-corrected chi connectivity index (χ3v) is 9.29. The number of benzene rings is 3. The van der Waals surface area contributed by atoms with Crippen LogP contribution < -0.4 is 14.7 Å². The molecule has 0 saturated heterocycles. The van der Waals surface area contributed by atoms with E-state index in [-0.39, 0.29) is 23.3 Å². The van der Waals surface area contributed by atoms with Gasteiger partial charge in [-0.1, -0.05) is 43.3 Å². The summed E-state index contributed by atoms with van der Waals surface area (Å²) in [6.07, 6.45) is 5.11. The van der Waals surface area contributed by atoms with Crippen LogP contribution in [-0.2, 0) is 28.6 Å². The molecule has 0 aliphatic carbocycles. The van der Waals surface area contributed by atoms with Gasteiger partial charge >= 0.3 is 17.9 Å². The average Bonchev–Trinajstić information content (AvgIpc) is 3.25. The molecule has 0 aromatic heterocycles. The summed E-state index contributed by atoms with van der Waals surface area (Å²) in [5.74, 6) is -2.89. The quantitative estimate of drug-likeness (QED) is 0.0530. The van der Waals surface area contributed by atoms with Crippen LogP contribution in [0.25, 0.3) is 18.2 Å². The molecule has 3 aromatic rings. The minimum Gasteiger partial charge on any atom is -0.461 e. The second-order valence-corrected chi connectivity index (χ2v) is 14.1. The normalized spacial score (nSPS) is 12.5. The second-order valence-electron chi connectivity index (χ2n) is 14.1. The van der Waals surface area contributed by atoms with Crippen LogP contribution in [0.3, 0.4) is 0 Å². The summed E-state index contributed by atoms with van der Waals surface area (Å²) in [6, 6.07) is 27.2. The Morgan fingerprint density at radius 1 is 0.593 bits per heavy atom. The molecule has 0 bridgehead atoms. The topological polar surface area (TPSA) is 180 Å². The van der Waals surface area contributed by atoms with Crippen LogP contribution in [0.1, 0.15) is 50.8 Å². The maximum atomic E-state index is 13.2. The maximum Gasteiger partial charge on any atom is 0.348 e. The number of anilines is 3. The predicted molar refractivity (Wildman–Crippen MR) is 229 cm³/mol. The molecule has 1 atom stereocenters. The average molecular weight is 801 g/mol. The van der Waals surface area contributed by atoms with Crippen LogP contribution in [0.2, 0.25) is 0 Å². The van der Waals surface area contributed by atoms with Gasteiger partial charge in [0.1, 0.15) is 54.7 Å². The molecule has 0 radical (unpaired) electrons. The Balaban J connectivity index is 1.83. The molecule has 0 fully saturated rings. The molecule has 0 amide bonds. The highest BCUT2D eigenvalue weighted by atomic mass is 16.6. The molecule has 3 aromatic carbocycles. The Morgan fingerprint density at radius 2 is 0.915 bits per heavy atom. The SMILES string of the molecule is CCCN(C)c1ccc(/C=C(\C#N)C(=O)OCC(C)(COC(=O)/C(C#N)=C/c2ccc(N(C)CCO)cc2)COC(=O)/C(C#N)=C/c2ccc(N(CC)CC)cc2)cc1. The van der Waals surface area contributed by atoms with Gasteiger partial charge in [-0.2, -0.15) is 15.8 Å². The first-order chi connectivity index (χ1) is 28.3. The highest BCUT2D eigenvalue weighted by molar-refractivity contribution is 5.99.